The molecule has 1 unspecified atom stereocenters. The molecule has 0 saturated heterocycles. The highest BCUT2D eigenvalue weighted by atomic mass is 32.2. The Balaban J connectivity index is 2.52. The number of nitrogens with one attached hydrogen (secondary N) is 1. The lowest BCUT2D eigenvalue weighted by Gasteiger charge is -2.23. The molecule has 0 heterocycles. The molecule has 2 rings (SSSR count). The fourth-order valence-electron chi connectivity index (χ4n) is 2.05. The third-order valence-electron chi connectivity index (χ3n) is 2.91. The van der Waals surface area contributed by atoms with Crippen LogP contribution in [0.1, 0.15) is 31.1 Å². The van der Waals surface area contributed by atoms with Crippen LogP contribution in [0.4, 0.5) is 0 Å². The van der Waals surface area contributed by atoms with Crippen molar-refractivity contribution in [1.29, 1.82) is 0 Å². The van der Waals surface area contributed by atoms with E-state index in [0.29, 0.717) is 16.0 Å². The molecule has 2 aromatic carbocycles. The first-order valence-electron chi connectivity index (χ1n) is 6.88. The molecule has 0 spiro atoms. The van der Waals surface area contributed by atoms with Crippen molar-refractivity contribution in [2.24, 2.45) is 5.73 Å². The minimum atomic E-state index is -1.40. The average molecular weight is 315 g/mol. The van der Waals surface area contributed by atoms with E-state index in [9.17, 15) is 9.35 Å². The predicted octanol–water partition coefficient (Wildman–Crippen LogP) is 2.66. The summed E-state index contributed by atoms with van der Waals surface area (Å²) in [6, 6.07) is 15.1. The average Bonchev–Trinajstić information content (AvgIpc) is 2.45. The second-order valence-electron chi connectivity index (χ2n) is 5.95. The molecule has 0 bridgehead atoms. The van der Waals surface area contributed by atoms with Crippen LogP contribution in [0.15, 0.2) is 47.4 Å². The van der Waals surface area contributed by atoms with Gasteiger partial charge in [0, 0.05) is 11.1 Å². The van der Waals surface area contributed by atoms with Crippen molar-refractivity contribution in [1.82, 2.24) is 4.72 Å². The number of nitrogens with two attached hydrogens (primary N) is 1. The zero-order valence-corrected chi connectivity index (χ0v) is 13.7. The topological polar surface area (TPSA) is 78.2 Å². The molecule has 0 aliphatic rings. The first-order valence-corrected chi connectivity index (χ1v) is 8.03. The first-order chi connectivity index (χ1) is 10.3. The van der Waals surface area contributed by atoms with Gasteiger partial charge < -0.3 is 10.3 Å². The minimum Gasteiger partial charge on any atom is -0.593 e. The van der Waals surface area contributed by atoms with Gasteiger partial charge in [0.2, 0.25) is 5.91 Å². The van der Waals surface area contributed by atoms with Gasteiger partial charge in [0.15, 0.2) is 4.90 Å². The standard InChI is InChI=1S/C17H19N2O2S/c1-17(2,3)19-22(21)15-11-7-6-9-13(15)12-8-4-5-10-14(12)16(18)20/h4,6-11,19H,1-3H3,(H2,18,20). The highest BCUT2D eigenvalue weighted by Crippen LogP contribution is 2.30. The van der Waals surface area contributed by atoms with Crippen molar-refractivity contribution in [2.45, 2.75) is 31.2 Å². The fraction of sp³-hybridized carbons (Fsp3) is 0.235. The van der Waals surface area contributed by atoms with E-state index in [1.807, 2.05) is 39.0 Å². The molecule has 5 heteroatoms. The summed E-state index contributed by atoms with van der Waals surface area (Å²) in [6.45, 7) is 5.83. The van der Waals surface area contributed by atoms with Gasteiger partial charge in [0.05, 0.1) is 16.9 Å². The Bertz CT molecular complexity index is 680. The third-order valence-corrected chi connectivity index (χ3v) is 4.46. The number of primary amides is 1. The molecule has 3 N–H and O–H groups in total. The van der Waals surface area contributed by atoms with Gasteiger partial charge in [-0.2, -0.15) is 0 Å². The number of benzene rings is 2. The summed E-state index contributed by atoms with van der Waals surface area (Å²) in [4.78, 5) is 12.2. The molecule has 0 aromatic heterocycles. The van der Waals surface area contributed by atoms with Crippen molar-refractivity contribution in [3.05, 3.63) is 54.1 Å². The molecule has 4 nitrogen and oxygen atoms in total. The molecule has 0 saturated carbocycles. The third kappa shape index (κ3) is 3.88. The van der Waals surface area contributed by atoms with Gasteiger partial charge in [-0.25, -0.2) is 0 Å². The van der Waals surface area contributed by atoms with Crippen molar-refractivity contribution in [3.8, 4) is 11.1 Å². The number of rotatable bonds is 4. The summed E-state index contributed by atoms with van der Waals surface area (Å²) >= 11 is -1.40. The van der Waals surface area contributed by atoms with Crippen molar-refractivity contribution >= 4 is 17.3 Å². The Labute approximate surface area is 134 Å². The molecule has 0 aliphatic heterocycles. The Morgan fingerprint density at radius 2 is 1.91 bits per heavy atom. The van der Waals surface area contributed by atoms with Gasteiger partial charge in [-0.05, 0) is 50.6 Å². The summed E-state index contributed by atoms with van der Waals surface area (Å²) in [7, 11) is 0. The molecular weight excluding hydrogens is 296 g/mol. The summed E-state index contributed by atoms with van der Waals surface area (Å²) in [5.74, 6) is -0.531. The quantitative estimate of drug-likeness (QED) is 0.851. The van der Waals surface area contributed by atoms with E-state index < -0.39 is 17.3 Å². The van der Waals surface area contributed by atoms with Crippen LogP contribution in [0.2, 0.25) is 0 Å². The van der Waals surface area contributed by atoms with Crippen LogP contribution in [0.5, 0.6) is 0 Å². The summed E-state index contributed by atoms with van der Waals surface area (Å²) < 4.78 is 15.7. The monoisotopic (exact) mass is 315 g/mol. The molecule has 115 valence electrons. The normalized spacial score (nSPS) is 12.9. The van der Waals surface area contributed by atoms with E-state index >= 15 is 0 Å². The molecule has 22 heavy (non-hydrogen) atoms. The SMILES string of the molecule is CC(C)(C)N[S+]([O-])c1ccccc1-c1cc[c]cc1C(N)=O. The van der Waals surface area contributed by atoms with Crippen LogP contribution >= 0.6 is 0 Å². The number of carbonyl (C=O) groups is 1. The molecule has 0 aliphatic carbocycles. The highest BCUT2D eigenvalue weighted by molar-refractivity contribution is 7.89. The summed E-state index contributed by atoms with van der Waals surface area (Å²) in [5, 5.41) is 0. The first kappa shape index (κ1) is 16.5. The molecule has 2 aromatic rings. The maximum atomic E-state index is 12.6. The molecule has 1 amide bonds. The lowest BCUT2D eigenvalue weighted by molar-refractivity contribution is 0.100. The van der Waals surface area contributed by atoms with Crippen molar-refractivity contribution in [2.75, 3.05) is 0 Å². The van der Waals surface area contributed by atoms with E-state index in [-0.39, 0.29) is 5.54 Å². The second-order valence-corrected chi connectivity index (χ2v) is 7.13. The number of hydrogen-bond donors (Lipinski definition) is 2. The summed E-state index contributed by atoms with van der Waals surface area (Å²) in [5.41, 5.74) is 6.88. The number of amides is 1. The zero-order valence-electron chi connectivity index (χ0n) is 12.8. The number of carbonyl (C=O) groups excluding carboxylic acids is 1. The van der Waals surface area contributed by atoms with Crippen LogP contribution in [0.3, 0.4) is 0 Å². The highest BCUT2D eigenvalue weighted by Gasteiger charge is 2.24. The zero-order chi connectivity index (χ0) is 16.3. The van der Waals surface area contributed by atoms with Crippen LogP contribution in [-0.2, 0) is 11.4 Å². The maximum absolute atomic E-state index is 12.6. The smallest absolute Gasteiger partial charge is 0.249 e. The second kappa shape index (κ2) is 6.52. The van der Waals surface area contributed by atoms with Crippen molar-refractivity contribution < 1.29 is 9.35 Å². The van der Waals surface area contributed by atoms with E-state index in [1.54, 1.807) is 24.3 Å². The Kier molecular flexibility index (Phi) is 4.90. The van der Waals surface area contributed by atoms with E-state index in [2.05, 4.69) is 10.8 Å². The molecule has 1 radical (unpaired) electrons. The van der Waals surface area contributed by atoms with Crippen LogP contribution < -0.4 is 10.5 Å². The van der Waals surface area contributed by atoms with E-state index in [4.69, 9.17) is 5.73 Å². The fourth-order valence-corrected chi connectivity index (χ4v) is 3.30. The number of hydrogen-bond acceptors (Lipinski definition) is 3. The Hall–Kier alpha value is -1.82. The largest absolute Gasteiger partial charge is 0.593 e. The maximum Gasteiger partial charge on any atom is 0.249 e. The van der Waals surface area contributed by atoms with Crippen molar-refractivity contribution in [3.63, 3.8) is 0 Å². The van der Waals surface area contributed by atoms with Crippen LogP contribution in [0, 0.1) is 6.07 Å². The molecular formula is C17H19N2O2S. The lowest BCUT2D eigenvalue weighted by Crippen LogP contribution is -2.40. The van der Waals surface area contributed by atoms with Gasteiger partial charge in [-0.3, -0.25) is 4.79 Å². The predicted molar refractivity (Wildman–Crippen MR) is 88.5 cm³/mol. The van der Waals surface area contributed by atoms with Gasteiger partial charge in [0.1, 0.15) is 0 Å². The molecule has 0 fully saturated rings. The summed E-state index contributed by atoms with van der Waals surface area (Å²) in [6.07, 6.45) is 0. The van der Waals surface area contributed by atoms with E-state index in [1.165, 1.54) is 0 Å². The van der Waals surface area contributed by atoms with Gasteiger partial charge in [-0.1, -0.05) is 24.3 Å². The Morgan fingerprint density at radius 1 is 1.23 bits per heavy atom. The van der Waals surface area contributed by atoms with Gasteiger partial charge in [-0.15, -0.1) is 4.72 Å². The van der Waals surface area contributed by atoms with Crippen LogP contribution in [0.25, 0.3) is 11.1 Å². The van der Waals surface area contributed by atoms with E-state index in [0.717, 1.165) is 5.56 Å². The molecule has 1 atom stereocenters. The van der Waals surface area contributed by atoms with Crippen LogP contribution in [-0.4, -0.2) is 16.0 Å². The van der Waals surface area contributed by atoms with Gasteiger partial charge >= 0.3 is 0 Å². The lowest BCUT2D eigenvalue weighted by atomic mass is 9.99. The minimum absolute atomic E-state index is 0.297. The van der Waals surface area contributed by atoms with Gasteiger partial charge in [0.25, 0.3) is 0 Å². The Morgan fingerprint density at radius 3 is 2.55 bits per heavy atom.